The molecular weight excluding hydrogens is 250 g/mol. The van der Waals surface area contributed by atoms with Crippen molar-refractivity contribution < 1.29 is 9.47 Å². The normalized spacial score (nSPS) is 21.0. The van der Waals surface area contributed by atoms with Crippen molar-refractivity contribution in [3.63, 3.8) is 0 Å². The molecule has 4 heteroatoms. The molecule has 1 aromatic rings. The summed E-state index contributed by atoms with van der Waals surface area (Å²) >= 11 is 6.40. The van der Waals surface area contributed by atoms with Gasteiger partial charge in [0.1, 0.15) is 0 Å². The molecule has 3 rings (SSSR count). The van der Waals surface area contributed by atoms with E-state index >= 15 is 0 Å². The molecule has 0 radical (unpaired) electrons. The van der Waals surface area contributed by atoms with Gasteiger partial charge >= 0.3 is 0 Å². The van der Waals surface area contributed by atoms with E-state index in [1.54, 1.807) is 0 Å². The van der Waals surface area contributed by atoms with Crippen LogP contribution in [0.3, 0.4) is 0 Å². The van der Waals surface area contributed by atoms with Gasteiger partial charge in [0, 0.05) is 29.5 Å². The highest BCUT2D eigenvalue weighted by Crippen LogP contribution is 2.48. The minimum Gasteiger partial charge on any atom is -0.490 e. The summed E-state index contributed by atoms with van der Waals surface area (Å²) in [6, 6.07) is 3.92. The zero-order valence-corrected chi connectivity index (χ0v) is 11.1. The lowest BCUT2D eigenvalue weighted by Crippen LogP contribution is -2.41. The highest BCUT2D eigenvalue weighted by Gasteiger charge is 2.39. The van der Waals surface area contributed by atoms with Crippen LogP contribution in [0.25, 0.3) is 0 Å². The first-order chi connectivity index (χ1) is 8.75. The van der Waals surface area contributed by atoms with Crippen LogP contribution in [-0.4, -0.2) is 19.8 Å². The van der Waals surface area contributed by atoms with Crippen LogP contribution in [-0.2, 0) is 5.41 Å². The Kier molecular flexibility index (Phi) is 3.12. The third-order valence-corrected chi connectivity index (χ3v) is 4.42. The van der Waals surface area contributed by atoms with Gasteiger partial charge < -0.3 is 15.2 Å². The largest absolute Gasteiger partial charge is 0.490 e. The van der Waals surface area contributed by atoms with Crippen molar-refractivity contribution in [2.24, 2.45) is 5.73 Å². The van der Waals surface area contributed by atoms with E-state index in [1.807, 2.05) is 12.1 Å². The minimum absolute atomic E-state index is 0.0573. The zero-order chi connectivity index (χ0) is 12.6. The van der Waals surface area contributed by atoms with E-state index in [1.165, 1.54) is 6.42 Å². The van der Waals surface area contributed by atoms with E-state index in [0.717, 1.165) is 41.3 Å². The lowest BCUT2D eigenvalue weighted by atomic mass is 9.64. The molecule has 1 aliphatic heterocycles. The summed E-state index contributed by atoms with van der Waals surface area (Å²) in [6.45, 7) is 2.03. The lowest BCUT2D eigenvalue weighted by molar-refractivity contribution is 0.251. The van der Waals surface area contributed by atoms with E-state index < -0.39 is 0 Å². The Bertz CT molecular complexity index is 452. The van der Waals surface area contributed by atoms with Crippen LogP contribution < -0.4 is 15.2 Å². The molecule has 1 aromatic carbocycles. The highest BCUT2D eigenvalue weighted by atomic mass is 35.5. The number of benzene rings is 1. The van der Waals surface area contributed by atoms with Crippen LogP contribution in [0.1, 0.15) is 31.2 Å². The van der Waals surface area contributed by atoms with Crippen LogP contribution in [0.15, 0.2) is 12.1 Å². The second-order valence-corrected chi connectivity index (χ2v) is 5.57. The Hall–Kier alpha value is -0.930. The number of ether oxygens (including phenoxy) is 2. The number of fused-ring (bicyclic) bond motifs is 1. The Morgan fingerprint density at radius 2 is 1.78 bits per heavy atom. The van der Waals surface area contributed by atoms with Gasteiger partial charge in [-0.05, 0) is 24.5 Å². The van der Waals surface area contributed by atoms with Gasteiger partial charge in [-0.25, -0.2) is 0 Å². The molecular formula is C14H18ClNO2. The molecule has 0 bridgehead atoms. The predicted molar refractivity (Wildman–Crippen MR) is 71.6 cm³/mol. The predicted octanol–water partition coefficient (Wildman–Crippen LogP) is 2.88. The van der Waals surface area contributed by atoms with Crippen LogP contribution in [0.4, 0.5) is 0 Å². The molecule has 0 spiro atoms. The molecule has 1 aliphatic carbocycles. The van der Waals surface area contributed by atoms with E-state index in [2.05, 4.69) is 0 Å². The van der Waals surface area contributed by atoms with Crippen molar-refractivity contribution in [1.82, 2.24) is 0 Å². The van der Waals surface area contributed by atoms with Crippen molar-refractivity contribution in [2.45, 2.75) is 31.1 Å². The van der Waals surface area contributed by atoms with E-state index in [-0.39, 0.29) is 5.41 Å². The molecule has 1 saturated carbocycles. The van der Waals surface area contributed by atoms with Crippen LogP contribution in [0.5, 0.6) is 11.5 Å². The Morgan fingerprint density at radius 3 is 2.33 bits per heavy atom. The molecule has 0 unspecified atom stereocenters. The second kappa shape index (κ2) is 4.63. The molecule has 2 N–H and O–H groups in total. The van der Waals surface area contributed by atoms with Gasteiger partial charge in [-0.1, -0.05) is 18.0 Å². The molecule has 0 aromatic heterocycles. The summed E-state index contributed by atoms with van der Waals surface area (Å²) in [7, 11) is 0. The minimum atomic E-state index is 0.0573. The topological polar surface area (TPSA) is 44.5 Å². The summed E-state index contributed by atoms with van der Waals surface area (Å²) in [5.74, 6) is 1.57. The zero-order valence-electron chi connectivity index (χ0n) is 10.4. The summed E-state index contributed by atoms with van der Waals surface area (Å²) in [6.07, 6.45) is 4.36. The average molecular weight is 268 g/mol. The molecule has 1 fully saturated rings. The van der Waals surface area contributed by atoms with E-state index in [9.17, 15) is 0 Å². The third kappa shape index (κ3) is 1.86. The Labute approximate surface area is 112 Å². The van der Waals surface area contributed by atoms with Gasteiger partial charge in [0.2, 0.25) is 0 Å². The molecule has 0 atom stereocenters. The van der Waals surface area contributed by atoms with Gasteiger partial charge in [-0.2, -0.15) is 0 Å². The fourth-order valence-corrected chi connectivity index (χ4v) is 3.13. The standard InChI is InChI=1S/C14H18ClNO2/c15-11-8-13-12(17-5-2-6-18-13)7-10(11)14(9-16)3-1-4-14/h7-8H,1-6,9,16H2. The maximum Gasteiger partial charge on any atom is 0.162 e. The van der Waals surface area contributed by atoms with Gasteiger partial charge in [0.15, 0.2) is 11.5 Å². The number of hydrogen-bond donors (Lipinski definition) is 1. The summed E-state index contributed by atoms with van der Waals surface area (Å²) in [5.41, 5.74) is 7.13. The summed E-state index contributed by atoms with van der Waals surface area (Å²) < 4.78 is 11.4. The Balaban J connectivity index is 2.03. The number of hydrogen-bond acceptors (Lipinski definition) is 3. The van der Waals surface area contributed by atoms with Crippen LogP contribution >= 0.6 is 11.6 Å². The maximum absolute atomic E-state index is 6.40. The summed E-state index contributed by atoms with van der Waals surface area (Å²) in [5, 5.41) is 0.754. The van der Waals surface area contributed by atoms with Crippen molar-refractivity contribution in [2.75, 3.05) is 19.8 Å². The van der Waals surface area contributed by atoms with Gasteiger partial charge in [0.05, 0.1) is 13.2 Å². The van der Waals surface area contributed by atoms with E-state index in [0.29, 0.717) is 19.8 Å². The van der Waals surface area contributed by atoms with Crippen molar-refractivity contribution >= 4 is 11.6 Å². The monoisotopic (exact) mass is 267 g/mol. The number of rotatable bonds is 2. The van der Waals surface area contributed by atoms with E-state index in [4.69, 9.17) is 26.8 Å². The lowest BCUT2D eigenvalue weighted by Gasteiger charge is -2.42. The van der Waals surface area contributed by atoms with Crippen molar-refractivity contribution in [3.05, 3.63) is 22.7 Å². The van der Waals surface area contributed by atoms with Gasteiger partial charge in [-0.15, -0.1) is 0 Å². The number of nitrogens with two attached hydrogens (primary N) is 1. The molecule has 98 valence electrons. The van der Waals surface area contributed by atoms with Crippen LogP contribution in [0, 0.1) is 0 Å². The van der Waals surface area contributed by atoms with Crippen molar-refractivity contribution in [3.8, 4) is 11.5 Å². The van der Waals surface area contributed by atoms with Gasteiger partial charge in [0.25, 0.3) is 0 Å². The fourth-order valence-electron chi connectivity index (χ4n) is 2.78. The number of halogens is 1. The third-order valence-electron chi connectivity index (χ3n) is 4.11. The molecule has 2 aliphatic rings. The first-order valence-electron chi connectivity index (χ1n) is 6.55. The molecule has 3 nitrogen and oxygen atoms in total. The molecule has 0 saturated heterocycles. The smallest absolute Gasteiger partial charge is 0.162 e. The molecule has 18 heavy (non-hydrogen) atoms. The maximum atomic E-state index is 6.40. The fraction of sp³-hybridized carbons (Fsp3) is 0.571. The SMILES string of the molecule is NCC1(c2cc3c(cc2Cl)OCCCO3)CCC1. The molecule has 0 amide bonds. The van der Waals surface area contributed by atoms with Gasteiger partial charge in [-0.3, -0.25) is 0 Å². The first-order valence-corrected chi connectivity index (χ1v) is 6.93. The summed E-state index contributed by atoms with van der Waals surface area (Å²) in [4.78, 5) is 0. The van der Waals surface area contributed by atoms with Crippen LogP contribution in [0.2, 0.25) is 5.02 Å². The second-order valence-electron chi connectivity index (χ2n) is 5.17. The molecule has 1 heterocycles. The quantitative estimate of drug-likeness (QED) is 0.896. The highest BCUT2D eigenvalue weighted by molar-refractivity contribution is 6.31. The first kappa shape index (κ1) is 12.1. The van der Waals surface area contributed by atoms with Crippen molar-refractivity contribution in [1.29, 1.82) is 0 Å². The Morgan fingerprint density at radius 1 is 1.11 bits per heavy atom. The average Bonchev–Trinajstić information content (AvgIpc) is 2.53.